The molecule has 0 heterocycles. The lowest BCUT2D eigenvalue weighted by atomic mass is 9.36. The summed E-state index contributed by atoms with van der Waals surface area (Å²) in [6, 6.07) is 8.03. The zero-order chi connectivity index (χ0) is 31.9. The number of para-hydroxylation sites is 1. The van der Waals surface area contributed by atoms with Gasteiger partial charge in [-0.05, 0) is 118 Å². The predicted octanol–water partition coefficient (Wildman–Crippen LogP) is 8.90. The summed E-state index contributed by atoms with van der Waals surface area (Å²) in [5.74, 6) is 4.18. The number of hydrogen-bond acceptors (Lipinski definition) is 4. The molecule has 0 spiro atoms. The van der Waals surface area contributed by atoms with Crippen molar-refractivity contribution in [1.29, 1.82) is 0 Å². The third kappa shape index (κ3) is 5.32. The van der Waals surface area contributed by atoms with Gasteiger partial charge in [0.1, 0.15) is 11.9 Å². The molecule has 0 aromatic heterocycles. The molecule has 1 amide bonds. The molecule has 5 nitrogen and oxygen atoms in total. The molecular formula is C39H59NO4. The van der Waals surface area contributed by atoms with Crippen LogP contribution < -0.4 is 10.1 Å². The standard InChI is InChI=1S/C36H53NO4.C3H6/c1-23(38)41-31-17-20-35(5)29(33(31,2)3)16-19-34(4)26-15-21-36(18-9-11-27(36)25(26)13-14-30(34)35)32(39)37-22-24-10-7-8-12-28(24)40-6;1-3-2/h7-8,10,12,25-27,29-31H,9,11,13-22H2,1-6H3,(H,37,39);3H,1H2,2H3. The molecule has 9 atom stereocenters. The highest BCUT2D eigenvalue weighted by Crippen LogP contribution is 2.73. The first-order valence-corrected chi connectivity index (χ1v) is 17.5. The van der Waals surface area contributed by atoms with Crippen LogP contribution in [0.3, 0.4) is 0 Å². The van der Waals surface area contributed by atoms with E-state index in [9.17, 15) is 9.59 Å². The molecule has 0 saturated heterocycles. The molecule has 5 saturated carbocycles. The minimum atomic E-state index is -0.197. The zero-order valence-corrected chi connectivity index (χ0v) is 28.7. The molecule has 1 aromatic rings. The lowest BCUT2D eigenvalue weighted by molar-refractivity contribution is -0.220. The normalized spacial score (nSPS) is 40.0. The number of carbonyl (C=O) groups excluding carboxylic acids is 2. The molecule has 6 rings (SSSR count). The largest absolute Gasteiger partial charge is 0.496 e. The maximum Gasteiger partial charge on any atom is 0.302 e. The number of nitrogens with one attached hydrogen (secondary N) is 1. The van der Waals surface area contributed by atoms with Crippen LogP contribution in [-0.2, 0) is 20.9 Å². The smallest absolute Gasteiger partial charge is 0.302 e. The summed E-state index contributed by atoms with van der Waals surface area (Å²) in [6.45, 7) is 17.3. The van der Waals surface area contributed by atoms with E-state index in [4.69, 9.17) is 9.47 Å². The van der Waals surface area contributed by atoms with Crippen molar-refractivity contribution in [3.8, 4) is 5.75 Å². The summed E-state index contributed by atoms with van der Waals surface area (Å²) in [5.41, 5.74) is 1.48. The molecule has 1 N–H and O–H groups in total. The number of esters is 1. The fraction of sp³-hybridized carbons (Fsp3) is 0.744. The van der Waals surface area contributed by atoms with E-state index in [0.717, 1.165) is 37.0 Å². The maximum atomic E-state index is 14.0. The Morgan fingerprint density at radius 3 is 2.32 bits per heavy atom. The van der Waals surface area contributed by atoms with Gasteiger partial charge in [0, 0.05) is 24.4 Å². The third-order valence-electron chi connectivity index (χ3n) is 13.8. The van der Waals surface area contributed by atoms with Crippen LogP contribution in [0.15, 0.2) is 36.9 Å². The Morgan fingerprint density at radius 1 is 0.909 bits per heavy atom. The van der Waals surface area contributed by atoms with Crippen molar-refractivity contribution in [1.82, 2.24) is 5.32 Å². The van der Waals surface area contributed by atoms with E-state index in [1.165, 1.54) is 44.9 Å². The molecular weight excluding hydrogens is 546 g/mol. The molecule has 5 aliphatic carbocycles. The molecule has 5 aliphatic rings. The van der Waals surface area contributed by atoms with E-state index < -0.39 is 0 Å². The minimum Gasteiger partial charge on any atom is -0.496 e. The fourth-order valence-electron chi connectivity index (χ4n) is 12.2. The number of hydrogen-bond donors (Lipinski definition) is 1. The zero-order valence-electron chi connectivity index (χ0n) is 28.7. The second-order valence-corrected chi connectivity index (χ2v) is 16.1. The summed E-state index contributed by atoms with van der Waals surface area (Å²) in [7, 11) is 1.70. The molecule has 44 heavy (non-hydrogen) atoms. The molecule has 1 aromatic carbocycles. The minimum absolute atomic E-state index is 0.00351. The number of amides is 1. The number of methoxy groups -OCH3 is 1. The molecule has 0 aliphatic heterocycles. The number of rotatable bonds is 5. The summed E-state index contributed by atoms with van der Waals surface area (Å²) in [5, 5.41) is 3.38. The van der Waals surface area contributed by atoms with E-state index in [0.29, 0.717) is 41.5 Å². The van der Waals surface area contributed by atoms with E-state index in [1.807, 2.05) is 25.1 Å². The van der Waals surface area contributed by atoms with Crippen molar-refractivity contribution >= 4 is 11.9 Å². The number of ether oxygens (including phenoxy) is 2. The van der Waals surface area contributed by atoms with Crippen LogP contribution in [0.25, 0.3) is 0 Å². The first kappa shape index (κ1) is 33.1. The highest BCUT2D eigenvalue weighted by Gasteiger charge is 2.67. The van der Waals surface area contributed by atoms with Gasteiger partial charge in [-0.15, -0.1) is 6.58 Å². The van der Waals surface area contributed by atoms with Crippen LogP contribution in [0, 0.1) is 51.2 Å². The number of benzene rings is 1. The molecule has 0 bridgehead atoms. The van der Waals surface area contributed by atoms with Gasteiger partial charge < -0.3 is 14.8 Å². The van der Waals surface area contributed by atoms with Gasteiger partial charge in [-0.25, -0.2) is 0 Å². The van der Waals surface area contributed by atoms with Gasteiger partial charge in [-0.3, -0.25) is 9.59 Å². The predicted molar refractivity (Wildman–Crippen MR) is 177 cm³/mol. The summed E-state index contributed by atoms with van der Waals surface area (Å²) in [4.78, 5) is 26.0. The van der Waals surface area contributed by atoms with Crippen molar-refractivity contribution < 1.29 is 19.1 Å². The second-order valence-electron chi connectivity index (χ2n) is 16.1. The van der Waals surface area contributed by atoms with Gasteiger partial charge in [-0.2, -0.15) is 0 Å². The Kier molecular flexibility index (Phi) is 9.38. The molecule has 9 unspecified atom stereocenters. The summed E-state index contributed by atoms with van der Waals surface area (Å²) >= 11 is 0. The highest BCUT2D eigenvalue weighted by molar-refractivity contribution is 5.83. The third-order valence-corrected chi connectivity index (χ3v) is 13.8. The van der Waals surface area contributed by atoms with E-state index in [1.54, 1.807) is 20.1 Å². The van der Waals surface area contributed by atoms with Crippen LogP contribution in [0.5, 0.6) is 5.75 Å². The average Bonchev–Trinajstić information content (AvgIpc) is 3.44. The van der Waals surface area contributed by atoms with Crippen molar-refractivity contribution in [2.45, 2.75) is 125 Å². The van der Waals surface area contributed by atoms with Crippen molar-refractivity contribution in [2.24, 2.45) is 51.2 Å². The summed E-state index contributed by atoms with van der Waals surface area (Å²) in [6.07, 6.45) is 14.7. The number of carbonyl (C=O) groups is 2. The van der Waals surface area contributed by atoms with Crippen molar-refractivity contribution in [3.63, 3.8) is 0 Å². The van der Waals surface area contributed by atoms with E-state index >= 15 is 0 Å². The number of fused-ring (bicyclic) bond motifs is 7. The van der Waals surface area contributed by atoms with Crippen LogP contribution >= 0.6 is 0 Å². The monoisotopic (exact) mass is 605 g/mol. The Balaban J connectivity index is 0.00000123. The van der Waals surface area contributed by atoms with Crippen LogP contribution in [-0.4, -0.2) is 25.1 Å². The van der Waals surface area contributed by atoms with Gasteiger partial charge in [-0.1, -0.05) is 58.4 Å². The Hall–Kier alpha value is -2.30. The van der Waals surface area contributed by atoms with Crippen LogP contribution in [0.4, 0.5) is 0 Å². The van der Waals surface area contributed by atoms with Gasteiger partial charge in [0.05, 0.1) is 12.5 Å². The van der Waals surface area contributed by atoms with Gasteiger partial charge in [0.2, 0.25) is 5.91 Å². The highest BCUT2D eigenvalue weighted by atomic mass is 16.5. The molecule has 5 heteroatoms. The number of allylic oxidation sites excluding steroid dienone is 1. The van der Waals surface area contributed by atoms with Crippen molar-refractivity contribution in [2.75, 3.05) is 7.11 Å². The second kappa shape index (κ2) is 12.5. The average molecular weight is 606 g/mol. The van der Waals surface area contributed by atoms with Crippen molar-refractivity contribution in [3.05, 3.63) is 42.5 Å². The maximum absolute atomic E-state index is 14.0. The summed E-state index contributed by atoms with van der Waals surface area (Å²) < 4.78 is 11.5. The molecule has 5 fully saturated rings. The Morgan fingerprint density at radius 2 is 1.61 bits per heavy atom. The first-order valence-electron chi connectivity index (χ1n) is 17.5. The fourth-order valence-corrected chi connectivity index (χ4v) is 12.2. The Labute approximate surface area is 267 Å². The van der Waals surface area contributed by atoms with Crippen LogP contribution in [0.1, 0.15) is 118 Å². The van der Waals surface area contributed by atoms with Gasteiger partial charge >= 0.3 is 5.97 Å². The van der Waals surface area contributed by atoms with Gasteiger partial charge in [0.25, 0.3) is 0 Å². The lowest BCUT2D eigenvalue weighted by Crippen LogP contribution is -2.64. The SMILES string of the molecule is C=CC.COc1ccccc1CNC(=O)C12CCCC1C1CCC3C(C)(CCC4C(C)(C)C(OC(C)=O)CCC43C)C1CC2. The van der Waals surface area contributed by atoms with E-state index in [-0.39, 0.29) is 34.2 Å². The lowest BCUT2D eigenvalue weighted by Gasteiger charge is -2.69. The van der Waals surface area contributed by atoms with Crippen LogP contribution in [0.2, 0.25) is 0 Å². The topological polar surface area (TPSA) is 64.6 Å². The quantitative estimate of drug-likeness (QED) is 0.269. The van der Waals surface area contributed by atoms with Gasteiger partial charge in [0.15, 0.2) is 0 Å². The van der Waals surface area contributed by atoms with E-state index in [2.05, 4.69) is 45.7 Å². The Bertz CT molecular complexity index is 1220. The molecule has 0 radical (unpaired) electrons. The molecule has 244 valence electrons. The first-order chi connectivity index (χ1) is 20.9.